The lowest BCUT2D eigenvalue weighted by Gasteiger charge is -1.94. The van der Waals surface area contributed by atoms with Crippen LogP contribution >= 0.6 is 0 Å². The van der Waals surface area contributed by atoms with Gasteiger partial charge in [0.25, 0.3) is 0 Å². The average molecular weight is 128 g/mol. The van der Waals surface area contributed by atoms with E-state index in [1.807, 2.05) is 0 Å². The van der Waals surface area contributed by atoms with E-state index in [0.717, 1.165) is 6.07 Å². The molecule has 0 spiro atoms. The van der Waals surface area contributed by atoms with Gasteiger partial charge in [-0.25, -0.2) is 0 Å². The number of aromatic hydroxyl groups is 3. The molecule has 0 aliphatic heterocycles. The molecule has 9 heavy (non-hydrogen) atoms. The second-order valence-corrected chi connectivity index (χ2v) is 1.51. The van der Waals surface area contributed by atoms with Gasteiger partial charge in [-0.05, 0) is 0 Å². The Hall–Kier alpha value is -1.38. The average Bonchev–Trinajstić information content (AvgIpc) is 1.97. The fourth-order valence-electron chi connectivity index (χ4n) is 0.476. The van der Waals surface area contributed by atoms with Crippen LogP contribution in [0.15, 0.2) is 18.2 Å². The van der Waals surface area contributed by atoms with Gasteiger partial charge in [0, 0.05) is 18.2 Å². The minimum atomic E-state index is -0.720. The van der Waals surface area contributed by atoms with Crippen molar-refractivity contribution in [1.29, 1.82) is 0 Å². The predicted octanol–water partition coefficient (Wildman–Crippen LogP) is 0.803. The fourth-order valence-corrected chi connectivity index (χ4v) is 0.476. The lowest BCUT2D eigenvalue weighted by atomic mass is 10.3. The number of hydrogen-bond acceptors (Lipinski definition) is 3. The predicted molar refractivity (Wildman–Crippen MR) is 31.4 cm³/mol. The second kappa shape index (κ2) is 1.85. The Bertz CT molecular complexity index is 272. The van der Waals surface area contributed by atoms with Crippen LogP contribution in [0.3, 0.4) is 0 Å². The molecule has 0 atom stereocenters. The van der Waals surface area contributed by atoms with Gasteiger partial charge < -0.3 is 15.3 Å². The molecule has 0 unspecified atom stereocenters. The zero-order valence-corrected chi connectivity index (χ0v) is 4.42. The third-order valence-corrected chi connectivity index (χ3v) is 0.766. The van der Waals surface area contributed by atoms with Gasteiger partial charge in [-0.2, -0.15) is 0 Å². The van der Waals surface area contributed by atoms with Crippen LogP contribution in [0.5, 0.6) is 17.2 Å². The van der Waals surface area contributed by atoms with Gasteiger partial charge in [-0.15, -0.1) is 0 Å². The maximum atomic E-state index is 8.87. The molecule has 0 saturated carbocycles. The third-order valence-electron chi connectivity index (χ3n) is 0.766. The molecule has 0 aliphatic carbocycles. The Labute approximate surface area is 54.6 Å². The van der Waals surface area contributed by atoms with Crippen LogP contribution in [-0.4, -0.2) is 15.3 Å². The van der Waals surface area contributed by atoms with Crippen LogP contribution in [0.25, 0.3) is 0 Å². The van der Waals surface area contributed by atoms with E-state index in [2.05, 4.69) is 0 Å². The fraction of sp³-hybridized carbons (Fsp3) is 0. The van der Waals surface area contributed by atoms with Crippen molar-refractivity contribution in [3.63, 3.8) is 0 Å². The molecule has 0 aromatic heterocycles. The van der Waals surface area contributed by atoms with E-state index in [1.165, 1.54) is 0 Å². The van der Waals surface area contributed by atoms with Gasteiger partial charge in [-0.3, -0.25) is 0 Å². The normalized spacial score (nSPS) is 12.4. The number of benzene rings is 1. The molecule has 1 rings (SSSR count). The molecule has 0 aliphatic rings. The lowest BCUT2D eigenvalue weighted by Crippen LogP contribution is -1.66. The molecule has 1 aromatic rings. The number of phenols is 3. The number of rotatable bonds is 0. The Morgan fingerprint density at radius 2 is 1.44 bits per heavy atom. The zero-order valence-electron chi connectivity index (χ0n) is 6.42. The van der Waals surface area contributed by atoms with Crippen LogP contribution in [0.2, 0.25) is 0 Å². The largest absolute Gasteiger partial charge is 0.508 e. The van der Waals surface area contributed by atoms with Gasteiger partial charge in [0.05, 0.1) is 2.74 Å². The first kappa shape index (κ1) is 3.61. The molecule has 0 heterocycles. The van der Waals surface area contributed by atoms with E-state index in [9.17, 15) is 0 Å². The molecule has 3 nitrogen and oxygen atoms in total. The molecule has 0 fully saturated rings. The zero-order chi connectivity index (χ0) is 8.59. The molecule has 0 saturated heterocycles. The second-order valence-electron chi connectivity index (χ2n) is 1.51. The minimum absolute atomic E-state index is 0.545. The van der Waals surface area contributed by atoms with E-state index >= 15 is 0 Å². The van der Waals surface area contributed by atoms with Crippen molar-refractivity contribution in [1.82, 2.24) is 0 Å². The molecule has 3 N–H and O–H groups in total. The molecule has 0 amide bonds. The number of hydrogen-bond donors (Lipinski definition) is 3. The van der Waals surface area contributed by atoms with Crippen molar-refractivity contribution < 1.29 is 18.1 Å². The molecule has 48 valence electrons. The highest BCUT2D eigenvalue weighted by atomic mass is 16.3. The van der Waals surface area contributed by atoms with E-state index < -0.39 is 29.3 Å². The summed E-state index contributed by atoms with van der Waals surface area (Å²) in [7, 11) is 0. The van der Waals surface area contributed by atoms with Gasteiger partial charge in [0.15, 0.2) is 0 Å². The van der Waals surface area contributed by atoms with Gasteiger partial charge in [-0.1, -0.05) is 0 Å². The first-order chi connectivity index (χ1) is 5.04. The van der Waals surface area contributed by atoms with Crippen LogP contribution in [-0.2, 0) is 0 Å². The molecule has 1 aromatic carbocycles. The Morgan fingerprint density at radius 1 is 1.00 bits per heavy atom. The molecular formula is C6H6O3. The minimum Gasteiger partial charge on any atom is -0.508 e. The van der Waals surface area contributed by atoms with E-state index in [4.69, 9.17) is 18.1 Å². The van der Waals surface area contributed by atoms with Gasteiger partial charge >= 0.3 is 0 Å². The maximum Gasteiger partial charge on any atom is 0.122 e. The Kier molecular flexibility index (Phi) is 0.743. The monoisotopic (exact) mass is 128 g/mol. The topological polar surface area (TPSA) is 60.7 Å². The maximum absolute atomic E-state index is 8.87. The summed E-state index contributed by atoms with van der Waals surface area (Å²) in [5.74, 6) is -1.81. The summed E-state index contributed by atoms with van der Waals surface area (Å²) in [6.07, 6.45) is 0. The summed E-state index contributed by atoms with van der Waals surface area (Å²) in [5.41, 5.74) is 0. The van der Waals surface area contributed by atoms with Crippen molar-refractivity contribution in [2.45, 2.75) is 0 Å². The SMILES string of the molecule is [2H]c1c(O)cc(O)c([2H])c1O. The summed E-state index contributed by atoms with van der Waals surface area (Å²) in [6.45, 7) is 0. The summed E-state index contributed by atoms with van der Waals surface area (Å²) in [6, 6.07) is -0.259. The van der Waals surface area contributed by atoms with Crippen LogP contribution in [0.1, 0.15) is 2.74 Å². The van der Waals surface area contributed by atoms with Crippen LogP contribution in [0.4, 0.5) is 0 Å². The van der Waals surface area contributed by atoms with Crippen molar-refractivity contribution in [3.8, 4) is 17.2 Å². The highest BCUT2D eigenvalue weighted by Gasteiger charge is 1.94. The van der Waals surface area contributed by atoms with Gasteiger partial charge in [0.1, 0.15) is 17.2 Å². The highest BCUT2D eigenvalue weighted by molar-refractivity contribution is 5.39. The third kappa shape index (κ3) is 1.25. The van der Waals surface area contributed by atoms with Crippen molar-refractivity contribution in [2.75, 3.05) is 0 Å². The highest BCUT2D eigenvalue weighted by Crippen LogP contribution is 2.23. The summed E-state index contributed by atoms with van der Waals surface area (Å²) in [4.78, 5) is 0. The molecule has 0 bridgehead atoms. The first-order valence-corrected chi connectivity index (χ1v) is 2.25. The molecule has 3 heteroatoms. The lowest BCUT2D eigenvalue weighted by molar-refractivity contribution is 0.428. The van der Waals surface area contributed by atoms with E-state index in [0.29, 0.717) is 0 Å². The Morgan fingerprint density at radius 3 is 1.89 bits per heavy atom. The quantitative estimate of drug-likeness (QED) is 0.484. The molecular weight excluding hydrogens is 120 g/mol. The molecule has 0 radical (unpaired) electrons. The van der Waals surface area contributed by atoms with E-state index in [-0.39, 0.29) is 0 Å². The summed E-state index contributed by atoms with van der Waals surface area (Å²) < 4.78 is 13.9. The van der Waals surface area contributed by atoms with Crippen molar-refractivity contribution in [2.24, 2.45) is 0 Å². The van der Waals surface area contributed by atoms with Crippen molar-refractivity contribution >= 4 is 0 Å². The van der Waals surface area contributed by atoms with Crippen LogP contribution < -0.4 is 0 Å². The van der Waals surface area contributed by atoms with Crippen molar-refractivity contribution in [3.05, 3.63) is 18.2 Å². The summed E-state index contributed by atoms with van der Waals surface area (Å²) >= 11 is 0. The van der Waals surface area contributed by atoms with E-state index in [1.54, 1.807) is 0 Å². The standard InChI is InChI=1S/C6H6O3/c7-4-1-5(8)3-6(9)2-4/h1-3,7-9H/i1D,2D. The summed E-state index contributed by atoms with van der Waals surface area (Å²) in [5, 5.41) is 26.5. The van der Waals surface area contributed by atoms with Gasteiger partial charge in [0.2, 0.25) is 0 Å². The first-order valence-electron chi connectivity index (χ1n) is 3.25. The number of phenolic OH excluding ortho intramolecular Hbond substituents is 3. The Balaban J connectivity index is 3.46. The van der Waals surface area contributed by atoms with Crippen LogP contribution in [0, 0.1) is 0 Å². The smallest absolute Gasteiger partial charge is 0.122 e.